The van der Waals surface area contributed by atoms with Crippen molar-refractivity contribution < 1.29 is 4.79 Å². The smallest absolute Gasteiger partial charge is 0.220 e. The SMILES string of the molecule is C/C=C/C(C)CNC(=O)CCc1ccccc1. The summed E-state index contributed by atoms with van der Waals surface area (Å²) in [6, 6.07) is 10.1. The standard InChI is InChI=1S/C15H21NO/c1-3-7-13(2)12-16-15(17)11-10-14-8-5-4-6-9-14/h3-9,13H,10-12H2,1-2H3,(H,16,17)/b7-3+. The van der Waals surface area contributed by atoms with Crippen molar-refractivity contribution in [2.45, 2.75) is 26.7 Å². The highest BCUT2D eigenvalue weighted by Gasteiger charge is 2.03. The number of nitrogens with one attached hydrogen (secondary N) is 1. The lowest BCUT2D eigenvalue weighted by Crippen LogP contribution is -2.27. The number of rotatable bonds is 6. The maximum atomic E-state index is 11.6. The van der Waals surface area contributed by atoms with Crippen LogP contribution in [0.2, 0.25) is 0 Å². The van der Waals surface area contributed by atoms with Crippen molar-refractivity contribution in [1.82, 2.24) is 5.32 Å². The fourth-order valence-corrected chi connectivity index (χ4v) is 1.66. The van der Waals surface area contributed by atoms with E-state index in [2.05, 4.69) is 30.4 Å². The van der Waals surface area contributed by atoms with Crippen LogP contribution in [0, 0.1) is 5.92 Å². The molecule has 0 heterocycles. The third-order valence-corrected chi connectivity index (χ3v) is 2.63. The van der Waals surface area contributed by atoms with Gasteiger partial charge in [-0.25, -0.2) is 0 Å². The molecule has 1 rings (SSSR count). The molecule has 0 fully saturated rings. The van der Waals surface area contributed by atoms with Gasteiger partial charge in [0.05, 0.1) is 0 Å². The number of hydrogen-bond donors (Lipinski definition) is 1. The Morgan fingerprint density at radius 1 is 1.35 bits per heavy atom. The molecule has 1 aromatic rings. The van der Waals surface area contributed by atoms with E-state index in [0.717, 1.165) is 13.0 Å². The van der Waals surface area contributed by atoms with E-state index in [4.69, 9.17) is 0 Å². The van der Waals surface area contributed by atoms with E-state index >= 15 is 0 Å². The molecule has 0 aliphatic rings. The zero-order valence-electron chi connectivity index (χ0n) is 10.6. The number of amides is 1. The van der Waals surface area contributed by atoms with Gasteiger partial charge in [0, 0.05) is 13.0 Å². The van der Waals surface area contributed by atoms with Crippen molar-refractivity contribution in [2.75, 3.05) is 6.54 Å². The Morgan fingerprint density at radius 2 is 2.06 bits per heavy atom. The molecule has 0 saturated heterocycles. The molecular formula is C15H21NO. The fraction of sp³-hybridized carbons (Fsp3) is 0.400. The van der Waals surface area contributed by atoms with Gasteiger partial charge in [0.2, 0.25) is 5.91 Å². The van der Waals surface area contributed by atoms with Crippen LogP contribution in [-0.4, -0.2) is 12.5 Å². The molecule has 2 nitrogen and oxygen atoms in total. The van der Waals surface area contributed by atoms with E-state index in [0.29, 0.717) is 12.3 Å². The maximum Gasteiger partial charge on any atom is 0.220 e. The normalized spacial score (nSPS) is 12.6. The first-order chi connectivity index (χ1) is 8.22. The van der Waals surface area contributed by atoms with Gasteiger partial charge in [-0.15, -0.1) is 0 Å². The van der Waals surface area contributed by atoms with E-state index in [9.17, 15) is 4.79 Å². The van der Waals surface area contributed by atoms with Gasteiger partial charge in [0.1, 0.15) is 0 Å². The number of aryl methyl sites for hydroxylation is 1. The van der Waals surface area contributed by atoms with Crippen LogP contribution in [0.3, 0.4) is 0 Å². The molecule has 1 amide bonds. The van der Waals surface area contributed by atoms with Gasteiger partial charge in [-0.1, -0.05) is 49.4 Å². The van der Waals surface area contributed by atoms with Crippen LogP contribution in [0.25, 0.3) is 0 Å². The molecule has 92 valence electrons. The van der Waals surface area contributed by atoms with Crippen molar-refractivity contribution in [3.8, 4) is 0 Å². The zero-order chi connectivity index (χ0) is 12.5. The molecule has 0 spiro atoms. The average Bonchev–Trinajstić information content (AvgIpc) is 2.35. The van der Waals surface area contributed by atoms with Crippen LogP contribution in [0.5, 0.6) is 0 Å². The van der Waals surface area contributed by atoms with Crippen LogP contribution >= 0.6 is 0 Å². The van der Waals surface area contributed by atoms with E-state index in [1.54, 1.807) is 0 Å². The van der Waals surface area contributed by atoms with Crippen LogP contribution in [0.4, 0.5) is 0 Å². The molecule has 17 heavy (non-hydrogen) atoms. The third-order valence-electron chi connectivity index (χ3n) is 2.63. The lowest BCUT2D eigenvalue weighted by Gasteiger charge is -2.08. The van der Waals surface area contributed by atoms with Crippen LogP contribution in [0.1, 0.15) is 25.8 Å². The Bertz CT molecular complexity index is 356. The monoisotopic (exact) mass is 231 g/mol. The molecule has 0 radical (unpaired) electrons. The van der Waals surface area contributed by atoms with E-state index in [-0.39, 0.29) is 5.91 Å². The third kappa shape index (κ3) is 5.91. The van der Waals surface area contributed by atoms with Crippen LogP contribution in [0.15, 0.2) is 42.5 Å². The summed E-state index contributed by atoms with van der Waals surface area (Å²) in [6.45, 7) is 4.81. The van der Waals surface area contributed by atoms with Crippen molar-refractivity contribution in [2.24, 2.45) is 5.92 Å². The minimum atomic E-state index is 0.130. The van der Waals surface area contributed by atoms with E-state index < -0.39 is 0 Å². The summed E-state index contributed by atoms with van der Waals surface area (Å²) < 4.78 is 0. The summed E-state index contributed by atoms with van der Waals surface area (Å²) in [7, 11) is 0. The molecular weight excluding hydrogens is 210 g/mol. The summed E-state index contributed by atoms with van der Waals surface area (Å²) in [4.78, 5) is 11.6. The summed E-state index contributed by atoms with van der Waals surface area (Å²) >= 11 is 0. The topological polar surface area (TPSA) is 29.1 Å². The van der Waals surface area contributed by atoms with Gasteiger partial charge in [-0.05, 0) is 24.8 Å². The highest BCUT2D eigenvalue weighted by Crippen LogP contribution is 2.02. The van der Waals surface area contributed by atoms with Gasteiger partial charge in [0.15, 0.2) is 0 Å². The Balaban J connectivity index is 2.22. The van der Waals surface area contributed by atoms with Crippen molar-refractivity contribution in [1.29, 1.82) is 0 Å². The maximum absolute atomic E-state index is 11.6. The van der Waals surface area contributed by atoms with Gasteiger partial charge >= 0.3 is 0 Å². The lowest BCUT2D eigenvalue weighted by molar-refractivity contribution is -0.121. The molecule has 0 aliphatic carbocycles. The van der Waals surface area contributed by atoms with Gasteiger partial charge in [-0.3, -0.25) is 4.79 Å². The van der Waals surface area contributed by atoms with Gasteiger partial charge < -0.3 is 5.32 Å². The molecule has 1 N–H and O–H groups in total. The first-order valence-corrected chi connectivity index (χ1v) is 6.16. The predicted octanol–water partition coefficient (Wildman–Crippen LogP) is 2.95. The number of allylic oxidation sites excluding steroid dienone is 1. The van der Waals surface area contributed by atoms with Crippen LogP contribution < -0.4 is 5.32 Å². The van der Waals surface area contributed by atoms with Gasteiger partial charge in [0.25, 0.3) is 0 Å². The highest BCUT2D eigenvalue weighted by atomic mass is 16.1. The Kier molecular flexibility index (Phi) is 6.08. The molecule has 1 unspecified atom stereocenters. The Morgan fingerprint density at radius 3 is 2.71 bits per heavy atom. The number of carbonyl (C=O) groups is 1. The highest BCUT2D eigenvalue weighted by molar-refractivity contribution is 5.76. The Hall–Kier alpha value is -1.57. The molecule has 1 atom stereocenters. The second-order valence-electron chi connectivity index (χ2n) is 4.29. The first-order valence-electron chi connectivity index (χ1n) is 6.16. The van der Waals surface area contributed by atoms with E-state index in [1.165, 1.54) is 5.56 Å². The second kappa shape index (κ2) is 7.66. The summed E-state index contributed by atoms with van der Waals surface area (Å²) in [5.41, 5.74) is 1.21. The zero-order valence-corrected chi connectivity index (χ0v) is 10.6. The lowest BCUT2D eigenvalue weighted by atomic mass is 10.1. The first kappa shape index (κ1) is 13.5. The molecule has 0 saturated carbocycles. The van der Waals surface area contributed by atoms with E-state index in [1.807, 2.05) is 31.2 Å². The van der Waals surface area contributed by atoms with Crippen molar-refractivity contribution in [3.05, 3.63) is 48.0 Å². The summed E-state index contributed by atoms with van der Waals surface area (Å²) in [6.07, 6.45) is 5.48. The minimum absolute atomic E-state index is 0.130. The molecule has 2 heteroatoms. The second-order valence-corrected chi connectivity index (χ2v) is 4.29. The molecule has 1 aromatic carbocycles. The predicted molar refractivity (Wildman–Crippen MR) is 71.8 cm³/mol. The van der Waals surface area contributed by atoms with Crippen molar-refractivity contribution >= 4 is 5.91 Å². The number of carbonyl (C=O) groups excluding carboxylic acids is 1. The fourth-order valence-electron chi connectivity index (χ4n) is 1.66. The number of hydrogen-bond acceptors (Lipinski definition) is 1. The summed E-state index contributed by atoms with van der Waals surface area (Å²) in [5, 5.41) is 2.95. The average molecular weight is 231 g/mol. The number of benzene rings is 1. The summed E-state index contributed by atoms with van der Waals surface area (Å²) in [5.74, 6) is 0.533. The largest absolute Gasteiger partial charge is 0.356 e. The quantitative estimate of drug-likeness (QED) is 0.749. The molecule has 0 bridgehead atoms. The van der Waals surface area contributed by atoms with Crippen LogP contribution in [-0.2, 0) is 11.2 Å². The minimum Gasteiger partial charge on any atom is -0.356 e. The van der Waals surface area contributed by atoms with Gasteiger partial charge in [-0.2, -0.15) is 0 Å². The Labute approximate surface area is 104 Å². The van der Waals surface area contributed by atoms with Crippen molar-refractivity contribution in [3.63, 3.8) is 0 Å². The molecule has 0 aliphatic heterocycles. The molecule has 0 aromatic heterocycles.